The van der Waals surface area contributed by atoms with E-state index >= 15 is 0 Å². The molecule has 0 spiro atoms. The summed E-state index contributed by atoms with van der Waals surface area (Å²) >= 11 is 0. The molecule has 2 N–H and O–H groups in total. The highest BCUT2D eigenvalue weighted by Gasteiger charge is 2.51. The molecule has 6 heteroatoms. The van der Waals surface area contributed by atoms with Crippen molar-refractivity contribution in [3.05, 3.63) is 54.1 Å². The van der Waals surface area contributed by atoms with E-state index in [4.69, 9.17) is 9.31 Å². The third-order valence-corrected chi connectivity index (χ3v) is 5.00. The second-order valence-corrected chi connectivity index (χ2v) is 7.66. The SMILES string of the molecule is Cc1ccc(NC(=O)Nc2ccc(B3OC(C)(C)C(C)(C)O3)cc2)cc1. The van der Waals surface area contributed by atoms with E-state index in [1.54, 1.807) is 0 Å². The fourth-order valence-electron chi connectivity index (χ4n) is 2.63. The van der Waals surface area contributed by atoms with Crippen LogP contribution in [0.5, 0.6) is 0 Å². The normalized spacial score (nSPS) is 17.8. The molecule has 1 heterocycles. The van der Waals surface area contributed by atoms with E-state index < -0.39 is 7.12 Å². The Labute approximate surface area is 155 Å². The Morgan fingerprint density at radius 2 is 1.23 bits per heavy atom. The smallest absolute Gasteiger partial charge is 0.399 e. The fourth-order valence-corrected chi connectivity index (χ4v) is 2.63. The third kappa shape index (κ3) is 3.92. The molecular weight excluding hydrogens is 327 g/mol. The van der Waals surface area contributed by atoms with Crippen LogP contribution in [0.2, 0.25) is 0 Å². The van der Waals surface area contributed by atoms with E-state index in [0.29, 0.717) is 5.69 Å². The standard InChI is InChI=1S/C20H25BN2O3/c1-14-6-10-16(11-7-14)22-18(24)23-17-12-8-15(9-13-17)21-25-19(2,3)20(4,5)26-21/h6-13H,1-5H3,(H2,22,23,24). The Kier molecular flexibility index (Phi) is 4.82. The molecule has 5 nitrogen and oxygen atoms in total. The Bertz CT molecular complexity index is 770. The van der Waals surface area contributed by atoms with Crippen LogP contribution < -0.4 is 16.1 Å². The number of hydrogen-bond donors (Lipinski definition) is 2. The van der Waals surface area contributed by atoms with Crippen LogP contribution in [0.3, 0.4) is 0 Å². The minimum atomic E-state index is -0.407. The monoisotopic (exact) mass is 352 g/mol. The second-order valence-electron chi connectivity index (χ2n) is 7.66. The number of nitrogens with one attached hydrogen (secondary N) is 2. The predicted octanol–water partition coefficient (Wildman–Crippen LogP) is 3.94. The number of carbonyl (C=O) groups is 1. The summed E-state index contributed by atoms with van der Waals surface area (Å²) in [5.41, 5.74) is 2.78. The zero-order valence-corrected chi connectivity index (χ0v) is 15.9. The molecule has 2 aromatic rings. The Hall–Kier alpha value is -2.31. The molecule has 1 aliphatic rings. The summed E-state index contributed by atoms with van der Waals surface area (Å²) in [7, 11) is -0.407. The van der Waals surface area contributed by atoms with Gasteiger partial charge in [-0.25, -0.2) is 4.79 Å². The number of hydrogen-bond acceptors (Lipinski definition) is 3. The highest BCUT2D eigenvalue weighted by atomic mass is 16.7. The molecule has 0 atom stereocenters. The first-order chi connectivity index (χ1) is 12.2. The molecule has 0 saturated carbocycles. The van der Waals surface area contributed by atoms with Crippen LogP contribution >= 0.6 is 0 Å². The van der Waals surface area contributed by atoms with Crippen molar-refractivity contribution in [1.29, 1.82) is 0 Å². The molecule has 1 saturated heterocycles. The lowest BCUT2D eigenvalue weighted by atomic mass is 9.79. The summed E-state index contributed by atoms with van der Waals surface area (Å²) in [6, 6.07) is 14.9. The quantitative estimate of drug-likeness (QED) is 0.823. The van der Waals surface area contributed by atoms with Gasteiger partial charge in [0.15, 0.2) is 0 Å². The van der Waals surface area contributed by atoms with Crippen molar-refractivity contribution < 1.29 is 14.1 Å². The van der Waals surface area contributed by atoms with Crippen LogP contribution in [0, 0.1) is 6.92 Å². The molecular formula is C20H25BN2O3. The molecule has 1 fully saturated rings. The maximum Gasteiger partial charge on any atom is 0.494 e. The number of urea groups is 1. The molecule has 26 heavy (non-hydrogen) atoms. The van der Waals surface area contributed by atoms with E-state index in [0.717, 1.165) is 16.7 Å². The zero-order chi connectivity index (χ0) is 18.9. The molecule has 2 aromatic carbocycles. The summed E-state index contributed by atoms with van der Waals surface area (Å²) in [4.78, 5) is 12.1. The van der Waals surface area contributed by atoms with Crippen LogP contribution in [0.15, 0.2) is 48.5 Å². The van der Waals surface area contributed by atoms with Crippen LogP contribution in [0.1, 0.15) is 33.3 Å². The van der Waals surface area contributed by atoms with E-state index in [2.05, 4.69) is 10.6 Å². The van der Waals surface area contributed by atoms with Crippen molar-refractivity contribution in [2.75, 3.05) is 10.6 Å². The van der Waals surface area contributed by atoms with E-state index in [-0.39, 0.29) is 17.2 Å². The fraction of sp³-hybridized carbons (Fsp3) is 0.350. The first kappa shape index (κ1) is 18.5. The number of carbonyl (C=O) groups excluding carboxylic acids is 1. The summed E-state index contributed by atoms with van der Waals surface area (Å²) in [6.07, 6.45) is 0. The van der Waals surface area contributed by atoms with Crippen molar-refractivity contribution in [2.45, 2.75) is 45.8 Å². The van der Waals surface area contributed by atoms with Gasteiger partial charge < -0.3 is 19.9 Å². The van der Waals surface area contributed by atoms with Gasteiger partial charge in [-0.15, -0.1) is 0 Å². The lowest BCUT2D eigenvalue weighted by Crippen LogP contribution is -2.41. The van der Waals surface area contributed by atoms with Crippen LogP contribution in [0.4, 0.5) is 16.2 Å². The van der Waals surface area contributed by atoms with Gasteiger partial charge >= 0.3 is 13.1 Å². The van der Waals surface area contributed by atoms with Crippen molar-refractivity contribution in [2.24, 2.45) is 0 Å². The first-order valence-corrected chi connectivity index (χ1v) is 8.77. The maximum atomic E-state index is 12.1. The van der Waals surface area contributed by atoms with Gasteiger partial charge in [0.2, 0.25) is 0 Å². The van der Waals surface area contributed by atoms with Crippen molar-refractivity contribution in [3.63, 3.8) is 0 Å². The van der Waals surface area contributed by atoms with E-state index in [1.807, 2.05) is 83.1 Å². The topological polar surface area (TPSA) is 59.6 Å². The van der Waals surface area contributed by atoms with Crippen LogP contribution in [-0.2, 0) is 9.31 Å². The van der Waals surface area contributed by atoms with Gasteiger partial charge in [0, 0.05) is 11.4 Å². The highest BCUT2D eigenvalue weighted by molar-refractivity contribution is 6.62. The van der Waals surface area contributed by atoms with Gasteiger partial charge in [-0.3, -0.25) is 0 Å². The summed E-state index contributed by atoms with van der Waals surface area (Å²) in [5.74, 6) is 0. The second kappa shape index (κ2) is 6.78. The molecule has 0 unspecified atom stereocenters. The van der Waals surface area contributed by atoms with Crippen molar-refractivity contribution >= 4 is 30.0 Å². The van der Waals surface area contributed by atoms with E-state index in [9.17, 15) is 4.79 Å². The zero-order valence-electron chi connectivity index (χ0n) is 15.9. The molecule has 0 aliphatic carbocycles. The Morgan fingerprint density at radius 1 is 0.808 bits per heavy atom. The molecule has 2 amide bonds. The van der Waals surface area contributed by atoms with Crippen molar-refractivity contribution in [1.82, 2.24) is 0 Å². The Balaban J connectivity index is 1.61. The minimum Gasteiger partial charge on any atom is -0.399 e. The molecule has 3 rings (SSSR count). The molecule has 0 radical (unpaired) electrons. The largest absolute Gasteiger partial charge is 0.494 e. The van der Waals surface area contributed by atoms with Gasteiger partial charge in [0.1, 0.15) is 0 Å². The molecule has 1 aliphatic heterocycles. The summed E-state index contributed by atoms with van der Waals surface area (Å²) < 4.78 is 12.1. The van der Waals surface area contributed by atoms with Gasteiger partial charge in [0.25, 0.3) is 0 Å². The van der Waals surface area contributed by atoms with Crippen LogP contribution in [-0.4, -0.2) is 24.4 Å². The average Bonchev–Trinajstić information content (AvgIpc) is 2.78. The number of anilines is 2. The molecule has 0 bridgehead atoms. The maximum absolute atomic E-state index is 12.1. The number of rotatable bonds is 3. The number of benzene rings is 2. The first-order valence-electron chi connectivity index (χ1n) is 8.77. The van der Waals surface area contributed by atoms with Gasteiger partial charge in [-0.1, -0.05) is 29.8 Å². The lowest BCUT2D eigenvalue weighted by molar-refractivity contribution is 0.00578. The van der Waals surface area contributed by atoms with Gasteiger partial charge in [-0.2, -0.15) is 0 Å². The predicted molar refractivity (Wildman–Crippen MR) is 106 cm³/mol. The van der Waals surface area contributed by atoms with E-state index in [1.165, 1.54) is 0 Å². The summed E-state index contributed by atoms with van der Waals surface area (Å²) in [5, 5.41) is 5.63. The van der Waals surface area contributed by atoms with Crippen molar-refractivity contribution in [3.8, 4) is 0 Å². The number of aryl methyl sites for hydroxylation is 1. The average molecular weight is 352 g/mol. The summed E-state index contributed by atoms with van der Waals surface area (Å²) in [6.45, 7) is 10.1. The number of amides is 2. The molecule has 0 aromatic heterocycles. The third-order valence-electron chi connectivity index (χ3n) is 5.00. The van der Waals surface area contributed by atoms with Crippen LogP contribution in [0.25, 0.3) is 0 Å². The van der Waals surface area contributed by atoms with Gasteiger partial charge in [0.05, 0.1) is 11.2 Å². The molecule has 136 valence electrons. The van der Waals surface area contributed by atoms with Gasteiger partial charge in [-0.05, 0) is 64.3 Å². The minimum absolute atomic E-state index is 0.280. The highest BCUT2D eigenvalue weighted by Crippen LogP contribution is 2.36. The lowest BCUT2D eigenvalue weighted by Gasteiger charge is -2.32. The Morgan fingerprint density at radius 3 is 1.69 bits per heavy atom.